The summed E-state index contributed by atoms with van der Waals surface area (Å²) in [4.78, 5) is 28.3. The summed E-state index contributed by atoms with van der Waals surface area (Å²) < 4.78 is 10.0. The molecule has 8 nitrogen and oxygen atoms in total. The molecule has 2 rings (SSSR count). The number of methoxy groups -OCH3 is 2. The zero-order chi connectivity index (χ0) is 22.6. The molecule has 0 heterocycles. The highest BCUT2D eigenvalue weighted by Crippen LogP contribution is 2.21. The molecule has 0 bridgehead atoms. The number of ether oxygens (including phenoxy) is 2. The summed E-state index contributed by atoms with van der Waals surface area (Å²) in [6, 6.07) is 12.9. The van der Waals surface area contributed by atoms with E-state index < -0.39 is 5.97 Å². The summed E-state index contributed by atoms with van der Waals surface area (Å²) in [5, 5.41) is 9.14. The molecule has 3 N–H and O–H groups in total. The van der Waals surface area contributed by atoms with Crippen LogP contribution < -0.4 is 20.7 Å². The van der Waals surface area contributed by atoms with Gasteiger partial charge in [-0.2, -0.15) is 0 Å². The number of carbonyl (C=O) groups is 2. The fourth-order valence-corrected chi connectivity index (χ4v) is 2.97. The largest absolute Gasteiger partial charge is 0.496 e. The van der Waals surface area contributed by atoms with Crippen molar-refractivity contribution in [3.05, 3.63) is 64.7 Å². The first-order valence-corrected chi connectivity index (χ1v) is 10.1. The first kappa shape index (κ1) is 23.7. The van der Waals surface area contributed by atoms with Crippen molar-refractivity contribution >= 4 is 17.8 Å². The second-order valence-corrected chi connectivity index (χ2v) is 6.68. The summed E-state index contributed by atoms with van der Waals surface area (Å²) in [6.07, 6.45) is 0.740. The third kappa shape index (κ3) is 7.02. The second-order valence-electron chi connectivity index (χ2n) is 6.68. The van der Waals surface area contributed by atoms with Crippen molar-refractivity contribution < 1.29 is 19.1 Å². The van der Waals surface area contributed by atoms with E-state index in [1.165, 1.54) is 14.2 Å². The number of benzene rings is 2. The smallest absolute Gasteiger partial charge is 0.341 e. The van der Waals surface area contributed by atoms with E-state index in [2.05, 4.69) is 20.9 Å². The fraction of sp³-hybridized carbons (Fsp3) is 0.348. The monoisotopic (exact) mass is 426 g/mol. The summed E-state index contributed by atoms with van der Waals surface area (Å²) in [6.45, 7) is 3.75. The van der Waals surface area contributed by atoms with Crippen LogP contribution in [0.2, 0.25) is 0 Å². The Kier molecular flexibility index (Phi) is 9.35. The third-order valence-corrected chi connectivity index (χ3v) is 4.56. The van der Waals surface area contributed by atoms with Crippen molar-refractivity contribution in [3.8, 4) is 5.75 Å². The number of rotatable bonds is 9. The van der Waals surface area contributed by atoms with E-state index in [1.54, 1.807) is 25.2 Å². The van der Waals surface area contributed by atoms with Gasteiger partial charge in [0.05, 0.1) is 20.8 Å². The van der Waals surface area contributed by atoms with Gasteiger partial charge in [0.2, 0.25) is 0 Å². The van der Waals surface area contributed by atoms with E-state index in [0.29, 0.717) is 42.5 Å². The molecule has 0 aliphatic heterocycles. The van der Waals surface area contributed by atoms with Gasteiger partial charge in [-0.3, -0.25) is 4.79 Å². The van der Waals surface area contributed by atoms with Gasteiger partial charge in [-0.05, 0) is 48.7 Å². The number of esters is 1. The number of nitrogens with one attached hydrogen (secondary N) is 3. The lowest BCUT2D eigenvalue weighted by Crippen LogP contribution is -2.38. The van der Waals surface area contributed by atoms with E-state index in [0.717, 1.165) is 17.5 Å². The lowest BCUT2D eigenvalue weighted by atomic mass is 10.1. The molecule has 0 spiro atoms. The topological polar surface area (TPSA) is 101 Å². The molecule has 2 aromatic rings. The number of amides is 1. The predicted molar refractivity (Wildman–Crippen MR) is 121 cm³/mol. The lowest BCUT2D eigenvalue weighted by molar-refractivity contribution is 0.0596. The fourth-order valence-electron chi connectivity index (χ4n) is 2.97. The molecule has 0 radical (unpaired) electrons. The normalized spacial score (nSPS) is 10.9. The molecule has 0 aliphatic rings. The Hall–Kier alpha value is -3.55. The molecule has 0 unspecified atom stereocenters. The Balaban J connectivity index is 2.02. The van der Waals surface area contributed by atoms with Gasteiger partial charge < -0.3 is 25.4 Å². The Morgan fingerprint density at radius 3 is 2.52 bits per heavy atom. The van der Waals surface area contributed by atoms with Crippen LogP contribution in [0.4, 0.5) is 0 Å². The number of aliphatic imine (C=N–C) groups is 1. The van der Waals surface area contributed by atoms with Crippen molar-refractivity contribution in [1.82, 2.24) is 16.0 Å². The third-order valence-electron chi connectivity index (χ3n) is 4.56. The van der Waals surface area contributed by atoms with Crippen LogP contribution in [0.25, 0.3) is 0 Å². The summed E-state index contributed by atoms with van der Waals surface area (Å²) in [7, 11) is 4.47. The van der Waals surface area contributed by atoms with E-state index in [-0.39, 0.29) is 5.91 Å². The molecular formula is C23H30N4O4. The molecule has 0 aliphatic carbocycles. The molecule has 0 saturated heterocycles. The van der Waals surface area contributed by atoms with Crippen LogP contribution in [-0.2, 0) is 17.7 Å². The summed E-state index contributed by atoms with van der Waals surface area (Å²) >= 11 is 0. The van der Waals surface area contributed by atoms with Crippen LogP contribution in [0.3, 0.4) is 0 Å². The van der Waals surface area contributed by atoms with E-state index >= 15 is 0 Å². The Bertz CT molecular complexity index is 928. The molecule has 31 heavy (non-hydrogen) atoms. The zero-order valence-corrected chi connectivity index (χ0v) is 18.5. The Morgan fingerprint density at radius 1 is 1.03 bits per heavy atom. The van der Waals surface area contributed by atoms with Gasteiger partial charge in [0.25, 0.3) is 5.91 Å². The first-order valence-electron chi connectivity index (χ1n) is 10.1. The standard InChI is InChI=1S/C23H30N4O4/c1-5-25-23(26-12-11-16-7-6-8-18(13-16)21(28)24-2)27-15-17-9-10-20(30-3)19(14-17)22(29)31-4/h6-10,13-14H,5,11-12,15H2,1-4H3,(H,24,28)(H2,25,26,27). The molecule has 2 aromatic carbocycles. The van der Waals surface area contributed by atoms with E-state index in [1.807, 2.05) is 31.2 Å². The average Bonchev–Trinajstić information content (AvgIpc) is 2.81. The molecule has 0 fully saturated rings. The summed E-state index contributed by atoms with van der Waals surface area (Å²) in [5.74, 6) is 0.575. The minimum absolute atomic E-state index is 0.101. The van der Waals surface area contributed by atoms with Crippen molar-refractivity contribution in [2.24, 2.45) is 4.99 Å². The number of nitrogens with zero attached hydrogens (tertiary/aromatic N) is 1. The van der Waals surface area contributed by atoms with Crippen molar-refractivity contribution in [2.75, 3.05) is 34.4 Å². The maximum Gasteiger partial charge on any atom is 0.341 e. The number of guanidine groups is 1. The number of hydrogen-bond donors (Lipinski definition) is 3. The van der Waals surface area contributed by atoms with Crippen molar-refractivity contribution in [1.29, 1.82) is 0 Å². The highest BCUT2D eigenvalue weighted by Gasteiger charge is 2.13. The van der Waals surface area contributed by atoms with Crippen molar-refractivity contribution in [2.45, 2.75) is 19.9 Å². The SMILES string of the molecule is CCNC(=NCc1ccc(OC)c(C(=O)OC)c1)NCCc1cccc(C(=O)NC)c1. The van der Waals surface area contributed by atoms with Gasteiger partial charge in [0.15, 0.2) is 5.96 Å². The molecular weight excluding hydrogens is 396 g/mol. The quantitative estimate of drug-likeness (QED) is 0.323. The van der Waals surface area contributed by atoms with Crippen LogP contribution in [0.1, 0.15) is 38.8 Å². The Morgan fingerprint density at radius 2 is 1.84 bits per heavy atom. The van der Waals surface area contributed by atoms with Crippen LogP contribution in [0.15, 0.2) is 47.5 Å². The minimum Gasteiger partial charge on any atom is -0.496 e. The second kappa shape index (κ2) is 12.2. The zero-order valence-electron chi connectivity index (χ0n) is 18.5. The van der Waals surface area contributed by atoms with Gasteiger partial charge in [-0.15, -0.1) is 0 Å². The molecule has 1 amide bonds. The molecule has 166 valence electrons. The van der Waals surface area contributed by atoms with Crippen molar-refractivity contribution in [3.63, 3.8) is 0 Å². The lowest BCUT2D eigenvalue weighted by Gasteiger charge is -2.12. The Labute approximate surface area is 183 Å². The van der Waals surface area contributed by atoms with Crippen LogP contribution in [-0.4, -0.2) is 52.2 Å². The maximum absolute atomic E-state index is 12.0. The minimum atomic E-state index is -0.452. The van der Waals surface area contributed by atoms with E-state index in [4.69, 9.17) is 9.47 Å². The highest BCUT2D eigenvalue weighted by atomic mass is 16.5. The molecule has 0 aromatic heterocycles. The van der Waals surface area contributed by atoms with Gasteiger partial charge in [0.1, 0.15) is 11.3 Å². The number of carbonyl (C=O) groups excluding carboxylic acids is 2. The average molecular weight is 427 g/mol. The molecule has 0 atom stereocenters. The van der Waals surface area contributed by atoms with Crippen LogP contribution in [0, 0.1) is 0 Å². The number of hydrogen-bond acceptors (Lipinski definition) is 5. The summed E-state index contributed by atoms with van der Waals surface area (Å²) in [5.41, 5.74) is 2.92. The van der Waals surface area contributed by atoms with Gasteiger partial charge in [0, 0.05) is 25.7 Å². The predicted octanol–water partition coefficient (Wildman–Crippen LogP) is 2.14. The van der Waals surface area contributed by atoms with Crippen LogP contribution in [0.5, 0.6) is 5.75 Å². The molecule has 0 saturated carbocycles. The van der Waals surface area contributed by atoms with E-state index in [9.17, 15) is 9.59 Å². The maximum atomic E-state index is 12.0. The van der Waals surface area contributed by atoms with Gasteiger partial charge in [-0.1, -0.05) is 18.2 Å². The molecule has 8 heteroatoms. The van der Waals surface area contributed by atoms with Gasteiger partial charge in [-0.25, -0.2) is 9.79 Å². The van der Waals surface area contributed by atoms with Gasteiger partial charge >= 0.3 is 5.97 Å². The first-order chi connectivity index (χ1) is 15.0. The van der Waals surface area contributed by atoms with Crippen LogP contribution >= 0.6 is 0 Å². The highest BCUT2D eigenvalue weighted by molar-refractivity contribution is 5.94.